The highest BCUT2D eigenvalue weighted by Crippen LogP contribution is 2.34. The van der Waals surface area contributed by atoms with Crippen LogP contribution < -0.4 is 11.1 Å². The number of aromatic nitrogens is 3. The zero-order valence-corrected chi connectivity index (χ0v) is 16.5. The minimum Gasteiger partial charge on any atom is -0.383 e. The minimum absolute atomic E-state index is 0.150. The number of carbonyl (C=O) groups is 2. The Morgan fingerprint density at radius 3 is 2.86 bits per heavy atom. The first-order valence-corrected chi connectivity index (χ1v) is 9.69. The smallest absolute Gasteiger partial charge is 0.313 e. The number of carbonyl (C=O) groups excluding carboxylic acids is 2. The molecule has 2 atom stereocenters. The number of H-pyrrole nitrogens is 1. The molecule has 1 saturated heterocycles. The molecule has 29 heavy (non-hydrogen) atoms. The number of hydrogen-bond acceptors (Lipinski definition) is 5. The van der Waals surface area contributed by atoms with Gasteiger partial charge in [0, 0.05) is 11.9 Å². The van der Waals surface area contributed by atoms with Crippen LogP contribution >= 0.6 is 0 Å². The second-order valence-electron chi connectivity index (χ2n) is 7.75. The number of pyridine rings is 1. The molecule has 8 nitrogen and oxygen atoms in total. The van der Waals surface area contributed by atoms with Gasteiger partial charge in [0.2, 0.25) is 0 Å². The number of aromatic amines is 1. The van der Waals surface area contributed by atoms with Crippen molar-refractivity contribution in [3.8, 4) is 0 Å². The fraction of sp³-hybridized carbons (Fsp3) is 0.333. The lowest BCUT2D eigenvalue weighted by atomic mass is 9.89. The number of nitrogens with zero attached hydrogens (tertiary/aromatic N) is 3. The second kappa shape index (κ2) is 7.54. The van der Waals surface area contributed by atoms with Gasteiger partial charge in [0.05, 0.1) is 29.6 Å². The highest BCUT2D eigenvalue weighted by molar-refractivity contribution is 6.39. The van der Waals surface area contributed by atoms with E-state index < -0.39 is 11.8 Å². The van der Waals surface area contributed by atoms with E-state index in [1.165, 1.54) is 6.20 Å². The number of hydrogen-bond donors (Lipinski definition) is 3. The topological polar surface area (TPSA) is 117 Å². The Hall–Kier alpha value is -3.42. The molecule has 1 aliphatic rings. The number of nitrogens with two attached hydrogens (primary N) is 1. The number of piperidine rings is 1. The molecule has 2 amide bonds. The van der Waals surface area contributed by atoms with E-state index in [1.54, 1.807) is 24.1 Å². The number of nitrogens with one attached hydrogen (secondary N) is 2. The van der Waals surface area contributed by atoms with Crippen molar-refractivity contribution < 1.29 is 9.59 Å². The van der Waals surface area contributed by atoms with Crippen LogP contribution in [0.1, 0.15) is 36.9 Å². The summed E-state index contributed by atoms with van der Waals surface area (Å²) in [6.45, 7) is 4.43. The lowest BCUT2D eigenvalue weighted by Crippen LogP contribution is -2.46. The largest absolute Gasteiger partial charge is 0.383 e. The van der Waals surface area contributed by atoms with Crippen molar-refractivity contribution in [1.82, 2.24) is 20.1 Å². The summed E-state index contributed by atoms with van der Waals surface area (Å²) in [6.07, 6.45) is 5.03. The van der Waals surface area contributed by atoms with E-state index in [-0.39, 0.29) is 6.04 Å². The summed E-state index contributed by atoms with van der Waals surface area (Å²) in [5.74, 6) is -0.480. The summed E-state index contributed by atoms with van der Waals surface area (Å²) in [5, 5.41) is 10.7. The average molecular weight is 392 g/mol. The number of likely N-dealkylation sites (tertiary alicyclic amines) is 1. The molecule has 0 radical (unpaired) electrons. The molecule has 2 aromatic heterocycles. The lowest BCUT2D eigenvalue weighted by molar-refractivity contribution is -0.146. The van der Waals surface area contributed by atoms with Crippen LogP contribution in [0.2, 0.25) is 0 Å². The molecule has 1 aliphatic heterocycles. The zero-order valence-electron chi connectivity index (χ0n) is 16.5. The zero-order chi connectivity index (χ0) is 20.5. The first-order chi connectivity index (χ1) is 13.9. The van der Waals surface area contributed by atoms with Crippen molar-refractivity contribution in [2.45, 2.75) is 32.7 Å². The third-order valence-electron chi connectivity index (χ3n) is 5.50. The molecule has 1 fully saturated rings. The first kappa shape index (κ1) is 18.9. The Kier molecular flexibility index (Phi) is 4.92. The van der Waals surface area contributed by atoms with Gasteiger partial charge in [-0.15, -0.1) is 0 Å². The molecular weight excluding hydrogens is 368 g/mol. The first-order valence-electron chi connectivity index (χ1n) is 9.69. The van der Waals surface area contributed by atoms with Crippen LogP contribution in [0.3, 0.4) is 0 Å². The number of amides is 2. The Labute approximate surface area is 168 Å². The molecule has 4 rings (SSSR count). The molecule has 0 unspecified atom stereocenters. The van der Waals surface area contributed by atoms with E-state index >= 15 is 0 Å². The summed E-state index contributed by atoms with van der Waals surface area (Å²) >= 11 is 0. The van der Waals surface area contributed by atoms with Crippen LogP contribution in [0.5, 0.6) is 0 Å². The van der Waals surface area contributed by atoms with Crippen LogP contribution in [0, 0.1) is 12.8 Å². The maximum Gasteiger partial charge on any atom is 0.313 e. The molecule has 3 heterocycles. The van der Waals surface area contributed by atoms with E-state index in [1.807, 2.05) is 18.2 Å². The van der Waals surface area contributed by atoms with Gasteiger partial charge in [-0.1, -0.05) is 19.1 Å². The number of aryl methyl sites for hydroxylation is 1. The number of benzene rings is 1. The predicted molar refractivity (Wildman–Crippen MR) is 111 cm³/mol. The van der Waals surface area contributed by atoms with Gasteiger partial charge >= 0.3 is 11.8 Å². The van der Waals surface area contributed by atoms with Crippen molar-refractivity contribution in [2.24, 2.45) is 5.92 Å². The van der Waals surface area contributed by atoms with Gasteiger partial charge in [0.25, 0.3) is 0 Å². The van der Waals surface area contributed by atoms with Gasteiger partial charge in [-0.05, 0) is 48.9 Å². The number of anilines is 2. The Morgan fingerprint density at radius 2 is 2.07 bits per heavy atom. The van der Waals surface area contributed by atoms with Crippen molar-refractivity contribution >= 4 is 34.2 Å². The number of fused-ring (bicyclic) bond motifs is 1. The van der Waals surface area contributed by atoms with Gasteiger partial charge in [-0.25, -0.2) is 4.98 Å². The summed E-state index contributed by atoms with van der Waals surface area (Å²) < 4.78 is 0. The third-order valence-corrected chi connectivity index (χ3v) is 5.50. The SMILES string of the molecule is Cc1cc(NC(=O)C(=O)N2C[C@@H](C)CC[C@@H]2c2ccc3cn[nH]c3c2)cnc1N. The van der Waals surface area contributed by atoms with Crippen molar-refractivity contribution in [1.29, 1.82) is 0 Å². The fourth-order valence-electron chi connectivity index (χ4n) is 3.85. The molecule has 0 aliphatic carbocycles. The average Bonchev–Trinajstić information content (AvgIpc) is 3.18. The highest BCUT2D eigenvalue weighted by Gasteiger charge is 2.34. The van der Waals surface area contributed by atoms with Crippen LogP contribution in [-0.4, -0.2) is 38.4 Å². The highest BCUT2D eigenvalue weighted by atomic mass is 16.2. The van der Waals surface area contributed by atoms with E-state index in [0.717, 1.165) is 34.9 Å². The van der Waals surface area contributed by atoms with E-state index in [0.29, 0.717) is 24.0 Å². The molecule has 0 bridgehead atoms. The summed E-state index contributed by atoms with van der Waals surface area (Å²) in [4.78, 5) is 31.4. The maximum atomic E-state index is 13.0. The summed E-state index contributed by atoms with van der Waals surface area (Å²) in [6, 6.07) is 7.55. The molecule has 0 saturated carbocycles. The van der Waals surface area contributed by atoms with Crippen LogP contribution in [-0.2, 0) is 9.59 Å². The van der Waals surface area contributed by atoms with Gasteiger partial charge < -0.3 is 16.0 Å². The predicted octanol–water partition coefficient (Wildman–Crippen LogP) is 2.79. The Morgan fingerprint density at radius 1 is 1.24 bits per heavy atom. The Bertz CT molecular complexity index is 1080. The van der Waals surface area contributed by atoms with E-state index in [9.17, 15) is 9.59 Å². The van der Waals surface area contributed by atoms with Gasteiger partial charge in [0.1, 0.15) is 5.82 Å². The molecular formula is C21H24N6O2. The van der Waals surface area contributed by atoms with Crippen LogP contribution in [0.4, 0.5) is 11.5 Å². The maximum absolute atomic E-state index is 13.0. The third kappa shape index (κ3) is 3.78. The molecule has 1 aromatic carbocycles. The molecule has 3 aromatic rings. The van der Waals surface area contributed by atoms with Crippen molar-refractivity contribution in [3.63, 3.8) is 0 Å². The number of rotatable bonds is 2. The van der Waals surface area contributed by atoms with Gasteiger partial charge in [-0.2, -0.15) is 5.10 Å². The molecule has 8 heteroatoms. The summed E-state index contributed by atoms with van der Waals surface area (Å²) in [7, 11) is 0. The van der Waals surface area contributed by atoms with E-state index in [4.69, 9.17) is 5.73 Å². The Balaban J connectivity index is 1.57. The van der Waals surface area contributed by atoms with E-state index in [2.05, 4.69) is 27.4 Å². The molecule has 4 N–H and O–H groups in total. The lowest BCUT2D eigenvalue weighted by Gasteiger charge is -2.38. The standard InChI is InChI=1S/C21H24N6O2/c1-12-3-6-18(14-4-5-15-9-24-26-17(15)8-14)27(11-12)21(29)20(28)25-16-7-13(2)19(22)23-10-16/h4-5,7-10,12,18H,3,6,11H2,1-2H3,(H2,22,23)(H,24,26)(H,25,28)/t12-,18+/m0/s1. The van der Waals surface area contributed by atoms with Crippen molar-refractivity contribution in [2.75, 3.05) is 17.6 Å². The van der Waals surface area contributed by atoms with Gasteiger partial charge in [-0.3, -0.25) is 14.7 Å². The van der Waals surface area contributed by atoms with Crippen molar-refractivity contribution in [3.05, 3.63) is 47.8 Å². The number of nitrogen functional groups attached to an aromatic ring is 1. The quantitative estimate of drug-likeness (QED) is 0.580. The van der Waals surface area contributed by atoms with Gasteiger partial charge in [0.15, 0.2) is 0 Å². The summed E-state index contributed by atoms with van der Waals surface area (Å²) in [5.41, 5.74) is 8.83. The monoisotopic (exact) mass is 392 g/mol. The second-order valence-corrected chi connectivity index (χ2v) is 7.75. The fourth-order valence-corrected chi connectivity index (χ4v) is 3.85. The van der Waals surface area contributed by atoms with Crippen LogP contribution in [0.15, 0.2) is 36.7 Å². The van der Waals surface area contributed by atoms with Crippen LogP contribution in [0.25, 0.3) is 10.9 Å². The minimum atomic E-state index is -0.669. The molecule has 150 valence electrons. The normalized spacial score (nSPS) is 19.3. The molecule has 0 spiro atoms.